The second kappa shape index (κ2) is 7.12. The van der Waals surface area contributed by atoms with Crippen molar-refractivity contribution in [1.29, 1.82) is 5.26 Å². The van der Waals surface area contributed by atoms with Crippen LogP contribution in [0.2, 0.25) is 5.02 Å². The average Bonchev–Trinajstić information content (AvgIpc) is 3.16. The molecule has 0 saturated carbocycles. The summed E-state index contributed by atoms with van der Waals surface area (Å²) in [5.41, 5.74) is 2.15. The lowest BCUT2D eigenvalue weighted by Crippen LogP contribution is -2.13. The molecule has 0 atom stereocenters. The number of carbonyl (C=O) groups is 1. The number of nitrogens with one attached hydrogen (secondary N) is 1. The molecule has 0 unspecified atom stereocenters. The van der Waals surface area contributed by atoms with E-state index in [4.69, 9.17) is 21.6 Å². The van der Waals surface area contributed by atoms with Gasteiger partial charge in [-0.05, 0) is 42.5 Å². The minimum absolute atomic E-state index is 0.327. The van der Waals surface area contributed by atoms with E-state index >= 15 is 0 Å². The summed E-state index contributed by atoms with van der Waals surface area (Å²) < 4.78 is 7.20. The van der Waals surface area contributed by atoms with E-state index in [1.807, 2.05) is 35.2 Å². The third-order valence-electron chi connectivity index (χ3n) is 3.67. The van der Waals surface area contributed by atoms with Gasteiger partial charge in [-0.3, -0.25) is 4.79 Å². The van der Waals surface area contributed by atoms with Crippen molar-refractivity contribution in [1.82, 2.24) is 4.57 Å². The van der Waals surface area contributed by atoms with Crippen molar-refractivity contribution in [3.8, 4) is 17.5 Å². The van der Waals surface area contributed by atoms with Crippen LogP contribution in [0.4, 0.5) is 5.69 Å². The Kier molecular flexibility index (Phi) is 4.73. The topological polar surface area (TPSA) is 67.0 Å². The Morgan fingerprint density at radius 1 is 1.20 bits per heavy atom. The van der Waals surface area contributed by atoms with Gasteiger partial charge in [0.2, 0.25) is 0 Å². The lowest BCUT2D eigenvalue weighted by molar-refractivity contribution is 0.102. The highest BCUT2D eigenvalue weighted by Gasteiger charge is 2.17. The minimum Gasteiger partial charge on any atom is -0.496 e. The number of hydrogen-bond acceptors (Lipinski definition) is 3. The quantitative estimate of drug-likeness (QED) is 0.763. The molecule has 25 heavy (non-hydrogen) atoms. The molecule has 0 spiro atoms. The van der Waals surface area contributed by atoms with Gasteiger partial charge >= 0.3 is 0 Å². The number of ether oxygens (including phenoxy) is 1. The highest BCUT2D eigenvalue weighted by molar-refractivity contribution is 6.33. The monoisotopic (exact) mass is 351 g/mol. The Morgan fingerprint density at radius 2 is 1.88 bits per heavy atom. The lowest BCUT2D eigenvalue weighted by atomic mass is 10.1. The fraction of sp³-hybridized carbons (Fsp3) is 0.0526. The predicted octanol–water partition coefficient (Wildman–Crippen LogP) is 4.26. The Labute approximate surface area is 150 Å². The van der Waals surface area contributed by atoms with Gasteiger partial charge in [-0.25, -0.2) is 0 Å². The van der Waals surface area contributed by atoms with Crippen molar-refractivity contribution in [3.05, 3.63) is 77.1 Å². The SMILES string of the molecule is COc1cc(-n2cccc2)c(Cl)cc1C(=O)Nc1ccc(C#N)cc1. The smallest absolute Gasteiger partial charge is 0.259 e. The van der Waals surface area contributed by atoms with Crippen LogP contribution in [0.1, 0.15) is 15.9 Å². The van der Waals surface area contributed by atoms with Crippen LogP contribution in [0.5, 0.6) is 5.75 Å². The zero-order valence-electron chi connectivity index (χ0n) is 13.4. The summed E-state index contributed by atoms with van der Waals surface area (Å²) in [5.74, 6) is 0.0711. The maximum Gasteiger partial charge on any atom is 0.259 e. The standard InChI is InChI=1S/C19H14ClN3O2/c1-25-18-11-17(23-8-2-3-9-23)16(20)10-15(18)19(24)22-14-6-4-13(12-21)5-7-14/h2-11H,1H3,(H,22,24). The molecule has 1 heterocycles. The van der Waals surface area contributed by atoms with Gasteiger partial charge in [0.25, 0.3) is 5.91 Å². The van der Waals surface area contributed by atoms with E-state index in [9.17, 15) is 4.79 Å². The van der Waals surface area contributed by atoms with Crippen LogP contribution in [0.15, 0.2) is 60.9 Å². The van der Waals surface area contributed by atoms with Crippen molar-refractivity contribution in [2.24, 2.45) is 0 Å². The molecule has 0 saturated heterocycles. The normalized spacial score (nSPS) is 10.1. The first kappa shape index (κ1) is 16.6. The van der Waals surface area contributed by atoms with E-state index in [0.29, 0.717) is 27.6 Å². The molecule has 0 bridgehead atoms. The van der Waals surface area contributed by atoms with Crippen LogP contribution in [0, 0.1) is 11.3 Å². The Morgan fingerprint density at radius 3 is 2.48 bits per heavy atom. The Bertz CT molecular complexity index is 942. The van der Waals surface area contributed by atoms with Crippen molar-refractivity contribution >= 4 is 23.2 Å². The first-order valence-corrected chi connectivity index (χ1v) is 7.82. The van der Waals surface area contributed by atoms with Gasteiger partial charge < -0.3 is 14.6 Å². The van der Waals surface area contributed by atoms with Gasteiger partial charge in [-0.1, -0.05) is 11.6 Å². The van der Waals surface area contributed by atoms with E-state index < -0.39 is 0 Å². The molecule has 1 N–H and O–H groups in total. The summed E-state index contributed by atoms with van der Waals surface area (Å²) in [5, 5.41) is 12.0. The molecule has 1 amide bonds. The Hall–Kier alpha value is -3.23. The molecule has 3 aromatic rings. The molecular formula is C19H14ClN3O2. The van der Waals surface area contributed by atoms with Crippen LogP contribution >= 0.6 is 11.6 Å². The molecule has 0 aliphatic carbocycles. The van der Waals surface area contributed by atoms with Gasteiger partial charge in [-0.15, -0.1) is 0 Å². The number of carbonyl (C=O) groups excluding carboxylic acids is 1. The fourth-order valence-corrected chi connectivity index (χ4v) is 2.67. The number of anilines is 1. The number of aromatic nitrogens is 1. The maximum atomic E-state index is 12.6. The van der Waals surface area contributed by atoms with Crippen molar-refractivity contribution in [2.45, 2.75) is 0 Å². The molecule has 2 aromatic carbocycles. The molecule has 1 aromatic heterocycles. The molecule has 6 heteroatoms. The van der Waals surface area contributed by atoms with Crippen LogP contribution in [-0.2, 0) is 0 Å². The number of nitrogens with zero attached hydrogens (tertiary/aromatic N) is 2. The second-order valence-electron chi connectivity index (χ2n) is 5.24. The fourth-order valence-electron chi connectivity index (χ4n) is 2.41. The first-order chi connectivity index (χ1) is 12.1. The summed E-state index contributed by atoms with van der Waals surface area (Å²) in [6.45, 7) is 0. The number of nitriles is 1. The number of methoxy groups -OCH3 is 1. The molecule has 124 valence electrons. The minimum atomic E-state index is -0.345. The number of rotatable bonds is 4. The van der Waals surface area contributed by atoms with Crippen molar-refractivity contribution in [2.75, 3.05) is 12.4 Å². The Balaban J connectivity index is 1.91. The van der Waals surface area contributed by atoms with Gasteiger partial charge in [0.15, 0.2) is 0 Å². The van der Waals surface area contributed by atoms with Crippen LogP contribution in [0.3, 0.4) is 0 Å². The highest BCUT2D eigenvalue weighted by Crippen LogP contribution is 2.30. The van der Waals surface area contributed by atoms with E-state index in [-0.39, 0.29) is 5.91 Å². The zero-order valence-corrected chi connectivity index (χ0v) is 14.1. The van der Waals surface area contributed by atoms with E-state index in [2.05, 4.69) is 5.32 Å². The van der Waals surface area contributed by atoms with E-state index in [1.165, 1.54) is 7.11 Å². The molecule has 0 radical (unpaired) electrons. The van der Waals surface area contributed by atoms with Gasteiger partial charge in [0.05, 0.1) is 35.0 Å². The van der Waals surface area contributed by atoms with E-state index in [0.717, 1.165) is 5.69 Å². The largest absolute Gasteiger partial charge is 0.496 e. The summed E-state index contributed by atoms with van der Waals surface area (Å²) >= 11 is 6.34. The maximum absolute atomic E-state index is 12.6. The highest BCUT2D eigenvalue weighted by atomic mass is 35.5. The van der Waals surface area contributed by atoms with Gasteiger partial charge in [-0.2, -0.15) is 5.26 Å². The van der Waals surface area contributed by atoms with Crippen molar-refractivity contribution < 1.29 is 9.53 Å². The van der Waals surface area contributed by atoms with Gasteiger partial charge in [0.1, 0.15) is 5.75 Å². The number of hydrogen-bond donors (Lipinski definition) is 1. The summed E-state index contributed by atoms with van der Waals surface area (Å²) in [6.07, 6.45) is 3.72. The molecular weight excluding hydrogens is 338 g/mol. The van der Waals surface area contributed by atoms with E-state index in [1.54, 1.807) is 36.4 Å². The van der Waals surface area contributed by atoms with Crippen LogP contribution < -0.4 is 10.1 Å². The third-order valence-corrected chi connectivity index (χ3v) is 3.97. The number of amides is 1. The third kappa shape index (κ3) is 3.49. The summed E-state index contributed by atoms with van der Waals surface area (Å²) in [4.78, 5) is 12.6. The summed E-state index contributed by atoms with van der Waals surface area (Å²) in [7, 11) is 1.50. The van der Waals surface area contributed by atoms with Gasteiger partial charge in [0, 0.05) is 24.1 Å². The zero-order chi connectivity index (χ0) is 17.8. The first-order valence-electron chi connectivity index (χ1n) is 7.45. The molecule has 0 aliphatic heterocycles. The molecule has 5 nitrogen and oxygen atoms in total. The number of halogens is 1. The second-order valence-corrected chi connectivity index (χ2v) is 5.64. The van der Waals surface area contributed by atoms with Crippen LogP contribution in [0.25, 0.3) is 5.69 Å². The lowest BCUT2D eigenvalue weighted by Gasteiger charge is -2.13. The molecule has 3 rings (SSSR count). The average molecular weight is 352 g/mol. The summed E-state index contributed by atoms with van der Waals surface area (Å²) in [6, 6.07) is 15.7. The van der Waals surface area contributed by atoms with Crippen molar-refractivity contribution in [3.63, 3.8) is 0 Å². The van der Waals surface area contributed by atoms with Crippen LogP contribution in [-0.4, -0.2) is 17.6 Å². The predicted molar refractivity (Wildman–Crippen MR) is 96.4 cm³/mol. The molecule has 0 aliphatic rings. The molecule has 0 fully saturated rings. The number of benzene rings is 2.